The van der Waals surface area contributed by atoms with Gasteiger partial charge in [-0.1, -0.05) is 6.07 Å². The Balaban J connectivity index is 2.05. The summed E-state index contributed by atoms with van der Waals surface area (Å²) in [6.07, 6.45) is 2.05. The molecule has 2 N–H and O–H groups in total. The van der Waals surface area contributed by atoms with Crippen molar-refractivity contribution in [2.75, 3.05) is 12.3 Å². The van der Waals surface area contributed by atoms with Crippen LogP contribution in [0.5, 0.6) is 5.75 Å². The number of hydrogen-bond acceptors (Lipinski definition) is 4. The van der Waals surface area contributed by atoms with E-state index in [0.29, 0.717) is 24.4 Å². The summed E-state index contributed by atoms with van der Waals surface area (Å²) in [5.41, 5.74) is 6.87. The Morgan fingerprint density at radius 2 is 1.87 bits per heavy atom. The number of anilines is 1. The Bertz CT molecular complexity index is 634. The normalized spacial score (nSPS) is 11.1. The first-order chi connectivity index (χ1) is 10.9. The highest BCUT2D eigenvalue weighted by atomic mass is 16.6. The third kappa shape index (κ3) is 4.98. The minimum atomic E-state index is -0.377. The van der Waals surface area contributed by atoms with E-state index in [9.17, 15) is 4.79 Å². The van der Waals surface area contributed by atoms with Crippen LogP contribution in [0.15, 0.2) is 48.7 Å². The molecule has 0 aliphatic rings. The average molecular weight is 313 g/mol. The van der Waals surface area contributed by atoms with Crippen LogP contribution >= 0.6 is 0 Å². The van der Waals surface area contributed by atoms with Crippen molar-refractivity contribution in [2.45, 2.75) is 32.7 Å². The zero-order valence-electron chi connectivity index (χ0n) is 13.8. The van der Waals surface area contributed by atoms with Crippen molar-refractivity contribution >= 4 is 11.8 Å². The second kappa shape index (κ2) is 7.13. The van der Waals surface area contributed by atoms with Gasteiger partial charge in [-0.2, -0.15) is 0 Å². The Kier molecular flexibility index (Phi) is 5.21. The van der Waals surface area contributed by atoms with Gasteiger partial charge in [0.15, 0.2) is 0 Å². The molecule has 0 saturated carbocycles. The van der Waals surface area contributed by atoms with Crippen molar-refractivity contribution in [1.82, 2.24) is 9.88 Å². The molecule has 0 radical (unpaired) electrons. The molecular weight excluding hydrogens is 290 g/mol. The molecule has 2 rings (SSSR count). The Labute approximate surface area is 137 Å². The van der Waals surface area contributed by atoms with E-state index in [-0.39, 0.29) is 11.6 Å². The van der Waals surface area contributed by atoms with Gasteiger partial charge < -0.3 is 15.4 Å². The van der Waals surface area contributed by atoms with E-state index in [1.165, 1.54) is 0 Å². The number of nitrogen functional groups attached to an aromatic ring is 1. The SMILES string of the molecule is CC(C)(C)N(CCc1ccccn1)C(=O)Oc1ccc(N)cc1. The molecule has 1 aromatic carbocycles. The highest BCUT2D eigenvalue weighted by Gasteiger charge is 2.28. The third-order valence-corrected chi connectivity index (χ3v) is 3.43. The van der Waals surface area contributed by atoms with Gasteiger partial charge in [0.25, 0.3) is 0 Å². The van der Waals surface area contributed by atoms with Gasteiger partial charge in [0.2, 0.25) is 0 Å². The number of nitrogens with zero attached hydrogens (tertiary/aromatic N) is 2. The number of aromatic nitrogens is 1. The summed E-state index contributed by atoms with van der Waals surface area (Å²) in [5.74, 6) is 0.483. The Morgan fingerprint density at radius 3 is 2.43 bits per heavy atom. The first-order valence-corrected chi connectivity index (χ1v) is 7.61. The fourth-order valence-corrected chi connectivity index (χ4v) is 2.16. The largest absolute Gasteiger partial charge is 0.415 e. The van der Waals surface area contributed by atoms with Crippen LogP contribution in [0.4, 0.5) is 10.5 Å². The molecule has 0 aliphatic carbocycles. The maximum Gasteiger partial charge on any atom is 0.415 e. The summed E-state index contributed by atoms with van der Waals surface area (Å²) in [5, 5.41) is 0. The van der Waals surface area contributed by atoms with Crippen molar-refractivity contribution in [2.24, 2.45) is 0 Å². The average Bonchev–Trinajstić information content (AvgIpc) is 2.49. The lowest BCUT2D eigenvalue weighted by atomic mass is 10.1. The smallest absolute Gasteiger partial charge is 0.410 e. The van der Waals surface area contributed by atoms with Crippen molar-refractivity contribution in [1.29, 1.82) is 0 Å². The maximum absolute atomic E-state index is 12.5. The first kappa shape index (κ1) is 16.8. The van der Waals surface area contributed by atoms with E-state index in [1.54, 1.807) is 35.4 Å². The number of benzene rings is 1. The number of carbonyl (C=O) groups is 1. The maximum atomic E-state index is 12.5. The molecule has 5 heteroatoms. The molecular formula is C18H23N3O2. The molecule has 2 aromatic rings. The van der Waals surface area contributed by atoms with Crippen molar-refractivity contribution in [3.63, 3.8) is 0 Å². The molecule has 1 aromatic heterocycles. The van der Waals surface area contributed by atoms with Gasteiger partial charge in [0.1, 0.15) is 5.75 Å². The minimum absolute atomic E-state index is 0.348. The molecule has 0 aliphatic heterocycles. The molecule has 1 amide bonds. The molecule has 0 unspecified atom stereocenters. The summed E-state index contributed by atoms with van der Waals surface area (Å²) in [7, 11) is 0. The highest BCUT2D eigenvalue weighted by Crippen LogP contribution is 2.19. The molecule has 0 fully saturated rings. The predicted molar refractivity (Wildman–Crippen MR) is 91.3 cm³/mol. The Hall–Kier alpha value is -2.56. The summed E-state index contributed by atoms with van der Waals surface area (Å²) in [6, 6.07) is 12.6. The van der Waals surface area contributed by atoms with Gasteiger partial charge in [-0.3, -0.25) is 4.98 Å². The van der Waals surface area contributed by atoms with Crippen LogP contribution in [0.3, 0.4) is 0 Å². The van der Waals surface area contributed by atoms with Crippen LogP contribution in [-0.2, 0) is 6.42 Å². The summed E-state index contributed by atoms with van der Waals surface area (Å²) < 4.78 is 5.46. The number of ether oxygens (including phenoxy) is 1. The fraction of sp³-hybridized carbons (Fsp3) is 0.333. The number of amides is 1. The summed E-state index contributed by atoms with van der Waals surface area (Å²) in [6.45, 7) is 6.48. The van der Waals surface area contributed by atoms with Gasteiger partial charge in [0, 0.05) is 36.1 Å². The van der Waals surface area contributed by atoms with Crippen molar-refractivity contribution in [3.8, 4) is 5.75 Å². The van der Waals surface area contributed by atoms with Crippen molar-refractivity contribution in [3.05, 3.63) is 54.4 Å². The molecule has 0 spiro atoms. The standard InChI is InChI=1S/C18H23N3O2/c1-18(2,3)21(13-11-15-6-4-5-12-20-15)17(22)23-16-9-7-14(19)8-10-16/h4-10,12H,11,13,19H2,1-3H3. The molecule has 0 saturated heterocycles. The monoisotopic (exact) mass is 313 g/mol. The molecule has 1 heterocycles. The quantitative estimate of drug-likeness (QED) is 0.877. The third-order valence-electron chi connectivity index (χ3n) is 3.43. The van der Waals surface area contributed by atoms with E-state index in [1.807, 2.05) is 39.0 Å². The lowest BCUT2D eigenvalue weighted by Gasteiger charge is -2.34. The first-order valence-electron chi connectivity index (χ1n) is 7.61. The van der Waals surface area contributed by atoms with Crippen LogP contribution in [0, 0.1) is 0 Å². The zero-order chi connectivity index (χ0) is 16.9. The van der Waals surface area contributed by atoms with E-state index < -0.39 is 0 Å². The van der Waals surface area contributed by atoms with E-state index in [4.69, 9.17) is 10.5 Å². The predicted octanol–water partition coefficient (Wildman–Crippen LogP) is 3.51. The molecule has 0 bridgehead atoms. The fourth-order valence-electron chi connectivity index (χ4n) is 2.16. The van der Waals surface area contributed by atoms with Crippen LogP contribution in [-0.4, -0.2) is 28.1 Å². The van der Waals surface area contributed by atoms with Gasteiger partial charge in [-0.25, -0.2) is 4.79 Å². The van der Waals surface area contributed by atoms with E-state index in [0.717, 1.165) is 5.69 Å². The number of hydrogen-bond donors (Lipinski definition) is 1. The van der Waals surface area contributed by atoms with Gasteiger partial charge in [-0.05, 0) is 57.2 Å². The number of nitrogens with two attached hydrogens (primary N) is 1. The van der Waals surface area contributed by atoms with E-state index in [2.05, 4.69) is 4.98 Å². The molecule has 0 atom stereocenters. The van der Waals surface area contributed by atoms with Crippen molar-refractivity contribution < 1.29 is 9.53 Å². The summed E-state index contributed by atoms with van der Waals surface area (Å²) >= 11 is 0. The van der Waals surface area contributed by atoms with Crippen LogP contribution < -0.4 is 10.5 Å². The second-order valence-electron chi connectivity index (χ2n) is 6.33. The Morgan fingerprint density at radius 1 is 1.17 bits per heavy atom. The van der Waals surface area contributed by atoms with Crippen LogP contribution in [0.1, 0.15) is 26.5 Å². The molecule has 122 valence electrons. The van der Waals surface area contributed by atoms with Crippen LogP contribution in [0.2, 0.25) is 0 Å². The lowest BCUT2D eigenvalue weighted by Crippen LogP contribution is -2.48. The number of carbonyl (C=O) groups excluding carboxylic acids is 1. The van der Waals surface area contributed by atoms with E-state index >= 15 is 0 Å². The lowest BCUT2D eigenvalue weighted by molar-refractivity contribution is 0.107. The van der Waals surface area contributed by atoms with Gasteiger partial charge >= 0.3 is 6.09 Å². The molecule has 23 heavy (non-hydrogen) atoms. The highest BCUT2D eigenvalue weighted by molar-refractivity contribution is 5.71. The summed E-state index contributed by atoms with van der Waals surface area (Å²) in [4.78, 5) is 18.5. The van der Waals surface area contributed by atoms with Crippen LogP contribution in [0.25, 0.3) is 0 Å². The number of pyridine rings is 1. The number of rotatable bonds is 4. The second-order valence-corrected chi connectivity index (χ2v) is 6.33. The zero-order valence-corrected chi connectivity index (χ0v) is 13.8. The molecule has 5 nitrogen and oxygen atoms in total. The van der Waals surface area contributed by atoms with Gasteiger partial charge in [-0.15, -0.1) is 0 Å². The minimum Gasteiger partial charge on any atom is -0.410 e. The van der Waals surface area contributed by atoms with Gasteiger partial charge in [0.05, 0.1) is 0 Å². The topological polar surface area (TPSA) is 68.5 Å².